The molecule has 1 heterocycles. The molecule has 144 valence electrons. The van der Waals surface area contributed by atoms with Crippen molar-refractivity contribution in [2.24, 2.45) is 0 Å². The Labute approximate surface area is 160 Å². The second kappa shape index (κ2) is 8.77. The largest absolute Gasteiger partial charge is 0.496 e. The fourth-order valence-corrected chi connectivity index (χ4v) is 3.55. The first-order chi connectivity index (χ1) is 13.2. The normalized spacial score (nSPS) is 14.7. The minimum Gasteiger partial charge on any atom is -0.496 e. The number of hydrogen-bond donors (Lipinski definition) is 1. The zero-order valence-electron chi connectivity index (χ0n) is 16.2. The van der Waals surface area contributed by atoms with Crippen LogP contribution >= 0.6 is 0 Å². The Kier molecular flexibility index (Phi) is 6.19. The summed E-state index contributed by atoms with van der Waals surface area (Å²) in [5, 5.41) is 0. The highest BCUT2D eigenvalue weighted by Gasteiger charge is 2.27. The second-order valence-corrected chi connectivity index (χ2v) is 6.57. The number of hydrogen-bond acceptors (Lipinski definition) is 4. The van der Waals surface area contributed by atoms with Crippen molar-refractivity contribution >= 4 is 5.91 Å². The van der Waals surface area contributed by atoms with E-state index in [2.05, 4.69) is 6.07 Å². The Hall–Kier alpha value is -2.73. The summed E-state index contributed by atoms with van der Waals surface area (Å²) in [6, 6.07) is 13.5. The number of piperazine rings is 1. The van der Waals surface area contributed by atoms with Gasteiger partial charge in [0.25, 0.3) is 5.91 Å². The third kappa shape index (κ3) is 4.17. The van der Waals surface area contributed by atoms with E-state index in [0.29, 0.717) is 30.2 Å². The molecule has 6 heteroatoms. The van der Waals surface area contributed by atoms with Gasteiger partial charge < -0.3 is 24.0 Å². The third-order valence-corrected chi connectivity index (χ3v) is 5.02. The highest BCUT2D eigenvalue weighted by Crippen LogP contribution is 2.31. The monoisotopic (exact) mass is 371 g/mol. The van der Waals surface area contributed by atoms with Crippen LogP contribution in [0.25, 0.3) is 0 Å². The van der Waals surface area contributed by atoms with Crippen molar-refractivity contribution in [1.82, 2.24) is 4.90 Å². The van der Waals surface area contributed by atoms with Gasteiger partial charge in [-0.15, -0.1) is 0 Å². The van der Waals surface area contributed by atoms with E-state index in [1.807, 2.05) is 29.2 Å². The van der Waals surface area contributed by atoms with Crippen molar-refractivity contribution in [3.63, 3.8) is 0 Å². The number of carbonyl (C=O) groups excluding carboxylic acids is 1. The maximum atomic E-state index is 13.0. The van der Waals surface area contributed by atoms with Crippen molar-refractivity contribution < 1.29 is 23.9 Å². The highest BCUT2D eigenvalue weighted by atomic mass is 16.5. The first-order valence-electron chi connectivity index (χ1n) is 9.13. The summed E-state index contributed by atoms with van der Waals surface area (Å²) in [5.74, 6) is 1.98. The molecule has 0 radical (unpaired) electrons. The number of ether oxygens (including phenoxy) is 3. The van der Waals surface area contributed by atoms with Gasteiger partial charge in [0, 0.05) is 5.56 Å². The first kappa shape index (κ1) is 19.0. The van der Waals surface area contributed by atoms with Crippen LogP contribution < -0.4 is 19.1 Å². The molecule has 0 aliphatic carbocycles. The third-order valence-electron chi connectivity index (χ3n) is 5.02. The van der Waals surface area contributed by atoms with Crippen molar-refractivity contribution in [2.75, 3.05) is 47.5 Å². The molecule has 2 aromatic rings. The lowest BCUT2D eigenvalue weighted by molar-refractivity contribution is -0.917. The lowest BCUT2D eigenvalue weighted by atomic mass is 10.1. The molecule has 1 saturated heterocycles. The molecule has 1 fully saturated rings. The SMILES string of the molecule is COc1ccccc1C[NH+]1CCN(C(=O)c2cccc(OC)c2OC)CC1. The molecule has 3 rings (SSSR count). The number of para-hydroxylation sites is 2. The summed E-state index contributed by atoms with van der Waals surface area (Å²) in [7, 11) is 4.84. The van der Waals surface area contributed by atoms with Crippen molar-refractivity contribution in [3.8, 4) is 17.2 Å². The summed E-state index contributed by atoms with van der Waals surface area (Å²) < 4.78 is 16.2. The van der Waals surface area contributed by atoms with Gasteiger partial charge >= 0.3 is 0 Å². The molecule has 2 aromatic carbocycles. The van der Waals surface area contributed by atoms with Crippen molar-refractivity contribution in [1.29, 1.82) is 0 Å². The molecule has 0 bridgehead atoms. The average molecular weight is 371 g/mol. The number of methoxy groups -OCH3 is 3. The topological polar surface area (TPSA) is 52.4 Å². The van der Waals surface area contributed by atoms with Gasteiger partial charge in [0.05, 0.1) is 53.1 Å². The Morgan fingerprint density at radius 1 is 0.926 bits per heavy atom. The Morgan fingerprint density at radius 2 is 1.59 bits per heavy atom. The minimum absolute atomic E-state index is 0.0120. The highest BCUT2D eigenvalue weighted by molar-refractivity contribution is 5.97. The van der Waals surface area contributed by atoms with Gasteiger partial charge in [-0.05, 0) is 24.3 Å². The van der Waals surface area contributed by atoms with E-state index in [9.17, 15) is 4.79 Å². The Balaban J connectivity index is 1.65. The molecule has 0 saturated carbocycles. The zero-order valence-corrected chi connectivity index (χ0v) is 16.2. The van der Waals surface area contributed by atoms with Gasteiger partial charge in [0.1, 0.15) is 12.3 Å². The van der Waals surface area contributed by atoms with Crippen LogP contribution in [0.2, 0.25) is 0 Å². The van der Waals surface area contributed by atoms with Crippen LogP contribution in [0, 0.1) is 0 Å². The predicted molar refractivity (Wildman–Crippen MR) is 103 cm³/mol. The van der Waals surface area contributed by atoms with Gasteiger partial charge in [-0.25, -0.2) is 0 Å². The van der Waals surface area contributed by atoms with Crippen LogP contribution in [0.1, 0.15) is 15.9 Å². The number of carbonyl (C=O) groups is 1. The number of benzene rings is 2. The summed E-state index contributed by atoms with van der Waals surface area (Å²) in [5.41, 5.74) is 1.74. The van der Waals surface area contributed by atoms with Crippen LogP contribution in [0.3, 0.4) is 0 Å². The van der Waals surface area contributed by atoms with Crippen LogP contribution in [-0.4, -0.2) is 58.3 Å². The Bertz CT molecular complexity index is 786. The van der Waals surface area contributed by atoms with E-state index in [4.69, 9.17) is 14.2 Å². The maximum Gasteiger partial charge on any atom is 0.258 e. The molecule has 27 heavy (non-hydrogen) atoms. The molecule has 1 aliphatic rings. The van der Waals surface area contributed by atoms with Crippen molar-refractivity contribution in [2.45, 2.75) is 6.54 Å². The molecule has 1 aliphatic heterocycles. The summed E-state index contributed by atoms with van der Waals surface area (Å²) in [4.78, 5) is 16.3. The number of amides is 1. The molecule has 0 spiro atoms. The molecular weight excluding hydrogens is 344 g/mol. The van der Waals surface area contributed by atoms with Gasteiger partial charge in [0.15, 0.2) is 11.5 Å². The predicted octanol–water partition coefficient (Wildman–Crippen LogP) is 1.25. The molecular formula is C21H27N2O4+. The molecule has 0 atom stereocenters. The standard InChI is InChI=1S/C21H26N2O4/c1-25-18-9-5-4-7-16(18)15-22-11-13-23(14-12-22)21(24)17-8-6-10-19(26-2)20(17)27-3/h4-10H,11-15H2,1-3H3/p+1. The van der Waals surface area contributed by atoms with E-state index in [1.165, 1.54) is 10.5 Å². The number of rotatable bonds is 6. The first-order valence-corrected chi connectivity index (χ1v) is 9.13. The molecule has 1 amide bonds. The molecule has 0 aromatic heterocycles. The number of quaternary nitrogens is 1. The molecule has 0 unspecified atom stereocenters. The van der Waals surface area contributed by atoms with Gasteiger partial charge in [-0.2, -0.15) is 0 Å². The molecule has 1 N–H and O–H groups in total. The van der Waals surface area contributed by atoms with Crippen LogP contribution in [0.15, 0.2) is 42.5 Å². The molecule has 6 nitrogen and oxygen atoms in total. The fourth-order valence-electron chi connectivity index (χ4n) is 3.55. The summed E-state index contributed by atoms with van der Waals surface area (Å²) >= 11 is 0. The van der Waals surface area contributed by atoms with E-state index in [-0.39, 0.29) is 5.91 Å². The number of nitrogens with one attached hydrogen (secondary N) is 1. The van der Waals surface area contributed by atoms with E-state index < -0.39 is 0 Å². The van der Waals surface area contributed by atoms with Crippen LogP contribution in [0.5, 0.6) is 17.2 Å². The van der Waals surface area contributed by atoms with Crippen LogP contribution in [0.4, 0.5) is 0 Å². The van der Waals surface area contributed by atoms with E-state index >= 15 is 0 Å². The summed E-state index contributed by atoms with van der Waals surface area (Å²) in [6.45, 7) is 4.12. The fraction of sp³-hybridized carbons (Fsp3) is 0.381. The average Bonchev–Trinajstić information content (AvgIpc) is 2.73. The van der Waals surface area contributed by atoms with Gasteiger partial charge in [0.2, 0.25) is 0 Å². The maximum absolute atomic E-state index is 13.0. The quantitative estimate of drug-likeness (QED) is 0.831. The van der Waals surface area contributed by atoms with Crippen LogP contribution in [-0.2, 0) is 6.54 Å². The van der Waals surface area contributed by atoms with Gasteiger partial charge in [-0.3, -0.25) is 4.79 Å². The second-order valence-electron chi connectivity index (χ2n) is 6.57. The van der Waals surface area contributed by atoms with E-state index in [1.54, 1.807) is 33.5 Å². The lowest BCUT2D eigenvalue weighted by Gasteiger charge is -2.32. The number of nitrogens with zero attached hydrogens (tertiary/aromatic N) is 1. The van der Waals surface area contributed by atoms with Crippen molar-refractivity contribution in [3.05, 3.63) is 53.6 Å². The van der Waals surface area contributed by atoms with E-state index in [0.717, 1.165) is 25.4 Å². The van der Waals surface area contributed by atoms with Gasteiger partial charge in [-0.1, -0.05) is 18.2 Å². The lowest BCUT2D eigenvalue weighted by Crippen LogP contribution is -3.13. The summed E-state index contributed by atoms with van der Waals surface area (Å²) in [6.07, 6.45) is 0. The smallest absolute Gasteiger partial charge is 0.258 e. The minimum atomic E-state index is -0.0120. The zero-order chi connectivity index (χ0) is 19.2. The Morgan fingerprint density at radius 3 is 2.26 bits per heavy atom.